The number of pyridine rings is 1. The lowest BCUT2D eigenvalue weighted by atomic mass is 10.1. The molecule has 0 bridgehead atoms. The molecule has 0 N–H and O–H groups in total. The molecule has 0 aliphatic heterocycles. The van der Waals surface area contributed by atoms with E-state index in [1.54, 1.807) is 0 Å². The maximum Gasteiger partial charge on any atom is 0.138 e. The van der Waals surface area contributed by atoms with Crippen molar-refractivity contribution < 1.29 is 4.52 Å². The molecule has 5 heteroatoms. The average molecular weight is 339 g/mol. The van der Waals surface area contributed by atoms with Crippen LogP contribution in [-0.2, 0) is 0 Å². The number of imidazole rings is 1. The number of hydrogen-bond acceptors (Lipinski definition) is 3. The van der Waals surface area contributed by atoms with Crippen molar-refractivity contribution in [3.05, 3.63) is 39.6 Å². The summed E-state index contributed by atoms with van der Waals surface area (Å²) in [5, 5.41) is 4.09. The Morgan fingerprint density at radius 1 is 1.35 bits per heavy atom. The summed E-state index contributed by atoms with van der Waals surface area (Å²) in [4.78, 5) is 4.34. The SMILES string of the molecule is Cc1onc(-c2ccn3c(I)cnc3c2)c1C. The molecule has 0 amide bonds. The Morgan fingerprint density at radius 3 is 2.88 bits per heavy atom. The first-order chi connectivity index (χ1) is 8.16. The van der Waals surface area contributed by atoms with E-state index in [1.807, 2.05) is 42.8 Å². The summed E-state index contributed by atoms with van der Waals surface area (Å²) in [6, 6.07) is 4.05. The summed E-state index contributed by atoms with van der Waals surface area (Å²) in [5.74, 6) is 0.859. The Bertz CT molecular complexity index is 699. The second-order valence-corrected chi connectivity index (χ2v) is 5.04. The average Bonchev–Trinajstić information content (AvgIpc) is 2.85. The van der Waals surface area contributed by atoms with Crippen LogP contribution in [0.5, 0.6) is 0 Å². The fourth-order valence-corrected chi connectivity index (χ4v) is 2.33. The van der Waals surface area contributed by atoms with E-state index in [2.05, 4.69) is 32.7 Å². The Labute approximate surface area is 112 Å². The normalized spacial score (nSPS) is 11.2. The quantitative estimate of drug-likeness (QED) is 0.640. The lowest BCUT2D eigenvalue weighted by Gasteiger charge is -2.00. The van der Waals surface area contributed by atoms with Gasteiger partial charge in [-0.05, 0) is 48.6 Å². The molecule has 0 aliphatic carbocycles. The monoisotopic (exact) mass is 339 g/mol. The van der Waals surface area contributed by atoms with Gasteiger partial charge in [-0.1, -0.05) is 5.16 Å². The molecule has 3 aromatic heterocycles. The molecule has 0 fully saturated rings. The molecular formula is C12H10IN3O. The number of nitrogens with zero attached hydrogens (tertiary/aromatic N) is 3. The van der Waals surface area contributed by atoms with E-state index in [0.717, 1.165) is 31.9 Å². The minimum atomic E-state index is 0.859. The molecule has 0 atom stereocenters. The lowest BCUT2D eigenvalue weighted by molar-refractivity contribution is 0.398. The van der Waals surface area contributed by atoms with Crippen LogP contribution < -0.4 is 0 Å². The number of aromatic nitrogens is 3. The largest absolute Gasteiger partial charge is 0.361 e. The molecule has 86 valence electrons. The van der Waals surface area contributed by atoms with Crippen molar-refractivity contribution in [2.75, 3.05) is 0 Å². The summed E-state index contributed by atoms with van der Waals surface area (Å²) in [7, 11) is 0. The maximum absolute atomic E-state index is 5.19. The van der Waals surface area contributed by atoms with Gasteiger partial charge in [0.15, 0.2) is 0 Å². The fraction of sp³-hybridized carbons (Fsp3) is 0.167. The molecule has 0 spiro atoms. The Morgan fingerprint density at radius 2 is 2.18 bits per heavy atom. The van der Waals surface area contributed by atoms with E-state index in [9.17, 15) is 0 Å². The van der Waals surface area contributed by atoms with Crippen molar-refractivity contribution in [3.63, 3.8) is 0 Å². The third kappa shape index (κ3) is 1.65. The number of rotatable bonds is 1. The van der Waals surface area contributed by atoms with Crippen LogP contribution in [0.3, 0.4) is 0 Å². The van der Waals surface area contributed by atoms with Gasteiger partial charge in [0.25, 0.3) is 0 Å². The first-order valence-electron chi connectivity index (χ1n) is 5.22. The van der Waals surface area contributed by atoms with E-state index in [4.69, 9.17) is 4.52 Å². The van der Waals surface area contributed by atoms with Crippen molar-refractivity contribution >= 4 is 28.2 Å². The molecule has 3 rings (SSSR count). The van der Waals surface area contributed by atoms with Gasteiger partial charge in [-0.2, -0.15) is 0 Å². The number of hydrogen-bond donors (Lipinski definition) is 0. The lowest BCUT2D eigenvalue weighted by Crippen LogP contribution is -1.88. The van der Waals surface area contributed by atoms with E-state index in [1.165, 1.54) is 0 Å². The van der Waals surface area contributed by atoms with Gasteiger partial charge in [0, 0.05) is 17.3 Å². The van der Waals surface area contributed by atoms with Crippen LogP contribution in [0.25, 0.3) is 16.9 Å². The van der Waals surface area contributed by atoms with Crippen molar-refractivity contribution in [1.29, 1.82) is 0 Å². The molecule has 0 unspecified atom stereocenters. The second-order valence-electron chi connectivity index (χ2n) is 3.94. The summed E-state index contributed by atoms with van der Waals surface area (Å²) in [6.07, 6.45) is 3.85. The van der Waals surface area contributed by atoms with Gasteiger partial charge < -0.3 is 4.52 Å². The zero-order valence-corrected chi connectivity index (χ0v) is 11.6. The van der Waals surface area contributed by atoms with Crippen LogP contribution in [0.2, 0.25) is 0 Å². The molecule has 4 nitrogen and oxygen atoms in total. The van der Waals surface area contributed by atoms with Gasteiger partial charge >= 0.3 is 0 Å². The van der Waals surface area contributed by atoms with Gasteiger partial charge in [-0.3, -0.25) is 4.40 Å². The molecule has 0 aliphatic rings. The van der Waals surface area contributed by atoms with Gasteiger partial charge in [-0.25, -0.2) is 4.98 Å². The molecule has 0 saturated carbocycles. The zero-order chi connectivity index (χ0) is 12.0. The summed E-state index contributed by atoms with van der Waals surface area (Å²) in [6.45, 7) is 3.93. The van der Waals surface area contributed by atoms with E-state index >= 15 is 0 Å². The van der Waals surface area contributed by atoms with Crippen molar-refractivity contribution in [2.45, 2.75) is 13.8 Å². The number of halogens is 1. The molecule has 17 heavy (non-hydrogen) atoms. The zero-order valence-electron chi connectivity index (χ0n) is 9.44. The van der Waals surface area contributed by atoms with E-state index in [-0.39, 0.29) is 0 Å². The predicted molar refractivity (Wildman–Crippen MR) is 72.9 cm³/mol. The first kappa shape index (κ1) is 10.8. The minimum Gasteiger partial charge on any atom is -0.361 e. The number of fused-ring (bicyclic) bond motifs is 1. The van der Waals surface area contributed by atoms with Crippen LogP contribution in [0.1, 0.15) is 11.3 Å². The highest BCUT2D eigenvalue weighted by molar-refractivity contribution is 14.1. The fourth-order valence-electron chi connectivity index (χ4n) is 1.78. The van der Waals surface area contributed by atoms with Gasteiger partial charge in [0.1, 0.15) is 20.8 Å². The first-order valence-corrected chi connectivity index (χ1v) is 6.30. The van der Waals surface area contributed by atoms with Crippen LogP contribution >= 0.6 is 22.6 Å². The summed E-state index contributed by atoms with van der Waals surface area (Å²) < 4.78 is 8.32. The van der Waals surface area contributed by atoms with Gasteiger partial charge in [0.05, 0.1) is 6.20 Å². The molecule has 0 radical (unpaired) electrons. The van der Waals surface area contributed by atoms with Crippen LogP contribution in [0.4, 0.5) is 0 Å². The summed E-state index contributed by atoms with van der Waals surface area (Å²) in [5.41, 5.74) is 3.93. The third-order valence-corrected chi connectivity index (χ3v) is 3.70. The highest BCUT2D eigenvalue weighted by Gasteiger charge is 2.11. The van der Waals surface area contributed by atoms with Crippen molar-refractivity contribution in [3.8, 4) is 11.3 Å². The Kier molecular flexibility index (Phi) is 2.43. The van der Waals surface area contributed by atoms with Gasteiger partial charge in [-0.15, -0.1) is 0 Å². The molecule has 3 aromatic rings. The van der Waals surface area contributed by atoms with Crippen molar-refractivity contribution in [2.24, 2.45) is 0 Å². The van der Waals surface area contributed by atoms with Crippen LogP contribution in [-0.4, -0.2) is 14.5 Å². The highest BCUT2D eigenvalue weighted by atomic mass is 127. The van der Waals surface area contributed by atoms with Gasteiger partial charge in [0.2, 0.25) is 0 Å². The van der Waals surface area contributed by atoms with E-state index < -0.39 is 0 Å². The Hall–Kier alpha value is -1.37. The van der Waals surface area contributed by atoms with Crippen LogP contribution in [0, 0.1) is 17.5 Å². The van der Waals surface area contributed by atoms with Crippen molar-refractivity contribution in [1.82, 2.24) is 14.5 Å². The van der Waals surface area contributed by atoms with E-state index in [0.29, 0.717) is 0 Å². The molecular weight excluding hydrogens is 329 g/mol. The van der Waals surface area contributed by atoms with Crippen LogP contribution in [0.15, 0.2) is 29.0 Å². The smallest absolute Gasteiger partial charge is 0.138 e. The second kappa shape index (κ2) is 3.83. The molecule has 0 aromatic carbocycles. The number of aryl methyl sites for hydroxylation is 1. The topological polar surface area (TPSA) is 43.3 Å². The maximum atomic E-state index is 5.19. The minimum absolute atomic E-state index is 0.859. The predicted octanol–water partition coefficient (Wildman–Crippen LogP) is 3.21. The summed E-state index contributed by atoms with van der Waals surface area (Å²) >= 11 is 2.26. The third-order valence-electron chi connectivity index (χ3n) is 2.90. The highest BCUT2D eigenvalue weighted by Crippen LogP contribution is 2.25. The molecule has 0 saturated heterocycles. The Balaban J connectivity index is 2.21. The molecule has 3 heterocycles. The standard InChI is InChI=1S/C12H10IN3O/c1-7-8(2)17-15-12(7)9-3-4-16-10(13)6-14-11(16)5-9/h3-6H,1-2H3.